The van der Waals surface area contributed by atoms with Crippen LogP contribution in [0.2, 0.25) is 10.0 Å². The van der Waals surface area contributed by atoms with Gasteiger partial charge in [0.25, 0.3) is 10.0 Å². The molecule has 0 aliphatic carbocycles. The van der Waals surface area contributed by atoms with E-state index in [-0.39, 0.29) is 22.2 Å². The number of nitrogens with one attached hydrogen (secondary N) is 1. The van der Waals surface area contributed by atoms with Crippen molar-refractivity contribution in [1.82, 2.24) is 10.3 Å². The molecular formula is C20H17Cl2N3O3S. The lowest BCUT2D eigenvalue weighted by Gasteiger charge is -2.25. The largest absolute Gasteiger partial charge is 0.350 e. The monoisotopic (exact) mass is 449 g/mol. The molecule has 0 unspecified atom stereocenters. The summed E-state index contributed by atoms with van der Waals surface area (Å²) in [7, 11) is -4.05. The molecule has 0 aliphatic heterocycles. The van der Waals surface area contributed by atoms with Crippen LogP contribution in [0.25, 0.3) is 0 Å². The highest BCUT2D eigenvalue weighted by atomic mass is 35.5. The first kappa shape index (κ1) is 21.1. The van der Waals surface area contributed by atoms with Gasteiger partial charge in [-0.1, -0.05) is 41.4 Å². The van der Waals surface area contributed by atoms with Crippen molar-refractivity contribution >= 4 is 44.8 Å². The molecule has 0 saturated carbocycles. The van der Waals surface area contributed by atoms with Crippen LogP contribution in [0.3, 0.4) is 0 Å². The second kappa shape index (κ2) is 9.26. The Hall–Kier alpha value is -2.61. The number of hydrogen-bond acceptors (Lipinski definition) is 4. The number of aromatic nitrogens is 1. The Kier molecular flexibility index (Phi) is 6.74. The predicted molar refractivity (Wildman–Crippen MR) is 114 cm³/mol. The average molecular weight is 450 g/mol. The number of benzene rings is 2. The fraction of sp³-hybridized carbons (Fsp3) is 0.100. The molecule has 0 atom stereocenters. The van der Waals surface area contributed by atoms with Crippen LogP contribution in [0.15, 0.2) is 78.0 Å². The SMILES string of the molecule is O=C(CN(c1cc(Cl)ccc1Cl)S(=O)(=O)c1ccccc1)NCc1ccncc1. The Bertz CT molecular complexity index is 1090. The number of anilines is 1. The van der Waals surface area contributed by atoms with E-state index in [1.54, 1.807) is 48.8 Å². The van der Waals surface area contributed by atoms with E-state index < -0.39 is 22.5 Å². The van der Waals surface area contributed by atoms with E-state index in [4.69, 9.17) is 23.2 Å². The van der Waals surface area contributed by atoms with Crippen molar-refractivity contribution in [2.45, 2.75) is 11.4 Å². The molecule has 9 heteroatoms. The maximum atomic E-state index is 13.2. The van der Waals surface area contributed by atoms with E-state index in [9.17, 15) is 13.2 Å². The normalized spacial score (nSPS) is 11.1. The topological polar surface area (TPSA) is 79.4 Å². The second-order valence-corrected chi connectivity index (χ2v) is 8.76. The van der Waals surface area contributed by atoms with Gasteiger partial charge < -0.3 is 5.32 Å². The molecule has 2 aromatic carbocycles. The Balaban J connectivity index is 1.91. The van der Waals surface area contributed by atoms with E-state index in [0.717, 1.165) is 9.87 Å². The van der Waals surface area contributed by atoms with Gasteiger partial charge in [0.15, 0.2) is 0 Å². The zero-order valence-corrected chi connectivity index (χ0v) is 17.5. The van der Waals surface area contributed by atoms with Crippen LogP contribution in [0.5, 0.6) is 0 Å². The number of rotatable bonds is 7. The maximum absolute atomic E-state index is 13.2. The van der Waals surface area contributed by atoms with E-state index in [1.807, 2.05) is 0 Å². The highest BCUT2D eigenvalue weighted by Crippen LogP contribution is 2.32. The first-order chi connectivity index (χ1) is 13.9. The summed E-state index contributed by atoms with van der Waals surface area (Å²) in [6.45, 7) is -0.216. The number of carbonyl (C=O) groups is 1. The van der Waals surface area contributed by atoms with Crippen molar-refractivity contribution < 1.29 is 13.2 Å². The molecule has 1 heterocycles. The van der Waals surface area contributed by atoms with E-state index >= 15 is 0 Å². The zero-order chi connectivity index (χ0) is 20.9. The van der Waals surface area contributed by atoms with Crippen molar-refractivity contribution in [3.63, 3.8) is 0 Å². The molecular weight excluding hydrogens is 433 g/mol. The molecule has 0 radical (unpaired) electrons. The summed E-state index contributed by atoms with van der Waals surface area (Å²) in [5.74, 6) is -0.489. The summed E-state index contributed by atoms with van der Waals surface area (Å²) in [6, 6.07) is 15.8. The molecule has 0 spiro atoms. The van der Waals surface area contributed by atoms with Crippen LogP contribution in [0.1, 0.15) is 5.56 Å². The maximum Gasteiger partial charge on any atom is 0.264 e. The number of sulfonamides is 1. The predicted octanol–water partition coefficient (Wildman–Crippen LogP) is 3.90. The highest BCUT2D eigenvalue weighted by molar-refractivity contribution is 7.92. The third-order valence-corrected chi connectivity index (χ3v) is 6.36. The van der Waals surface area contributed by atoms with Crippen molar-refractivity contribution in [3.05, 3.63) is 88.7 Å². The van der Waals surface area contributed by atoms with Crippen molar-refractivity contribution in [3.8, 4) is 0 Å². The molecule has 3 rings (SSSR count). The van der Waals surface area contributed by atoms with Gasteiger partial charge in [0, 0.05) is 24.0 Å². The zero-order valence-electron chi connectivity index (χ0n) is 15.1. The standard InChI is InChI=1S/C20H17Cl2N3O3S/c21-16-6-7-18(22)19(12-16)25(29(27,28)17-4-2-1-3-5-17)14-20(26)24-13-15-8-10-23-11-9-15/h1-12H,13-14H2,(H,24,26). The first-order valence-corrected chi connectivity index (χ1v) is 10.8. The van der Waals surface area contributed by atoms with Gasteiger partial charge in [-0.25, -0.2) is 8.42 Å². The van der Waals surface area contributed by atoms with Gasteiger partial charge in [0.1, 0.15) is 6.54 Å². The summed E-state index contributed by atoms with van der Waals surface area (Å²) in [4.78, 5) is 16.5. The first-order valence-electron chi connectivity index (χ1n) is 8.56. The van der Waals surface area contributed by atoms with Gasteiger partial charge in [-0.2, -0.15) is 0 Å². The molecule has 1 aromatic heterocycles. The van der Waals surface area contributed by atoms with E-state index in [1.165, 1.54) is 24.3 Å². The van der Waals surface area contributed by atoms with Gasteiger partial charge in [0.05, 0.1) is 15.6 Å². The minimum Gasteiger partial charge on any atom is -0.350 e. The van der Waals surface area contributed by atoms with Gasteiger partial charge in [-0.15, -0.1) is 0 Å². The van der Waals surface area contributed by atoms with Crippen LogP contribution in [-0.2, 0) is 21.4 Å². The van der Waals surface area contributed by atoms with Crippen LogP contribution in [0, 0.1) is 0 Å². The number of hydrogen-bond donors (Lipinski definition) is 1. The molecule has 3 aromatic rings. The quantitative estimate of drug-likeness (QED) is 0.592. The summed E-state index contributed by atoms with van der Waals surface area (Å²) in [5.41, 5.74) is 0.966. The van der Waals surface area contributed by atoms with Gasteiger partial charge in [-0.3, -0.25) is 14.1 Å². The minimum atomic E-state index is -4.05. The second-order valence-electron chi connectivity index (χ2n) is 6.05. The average Bonchev–Trinajstić information content (AvgIpc) is 2.73. The molecule has 1 N–H and O–H groups in total. The number of halogens is 2. The molecule has 6 nitrogen and oxygen atoms in total. The summed E-state index contributed by atoms with van der Waals surface area (Å²) in [6.07, 6.45) is 3.22. The third-order valence-electron chi connectivity index (χ3n) is 4.03. The number of nitrogens with zero attached hydrogens (tertiary/aromatic N) is 2. The summed E-state index contributed by atoms with van der Waals surface area (Å²) in [5, 5.41) is 3.17. The molecule has 1 amide bonds. The van der Waals surface area contributed by atoms with Crippen molar-refractivity contribution in [2.24, 2.45) is 0 Å². The lowest BCUT2D eigenvalue weighted by atomic mass is 10.2. The van der Waals surface area contributed by atoms with Gasteiger partial charge >= 0.3 is 0 Å². The van der Waals surface area contributed by atoms with E-state index in [0.29, 0.717) is 5.02 Å². The molecule has 150 valence electrons. The summed E-state index contributed by atoms with van der Waals surface area (Å²) >= 11 is 12.3. The van der Waals surface area contributed by atoms with Crippen molar-refractivity contribution in [1.29, 1.82) is 0 Å². The van der Waals surface area contributed by atoms with Crippen LogP contribution in [0.4, 0.5) is 5.69 Å². The van der Waals surface area contributed by atoms with Crippen molar-refractivity contribution in [2.75, 3.05) is 10.8 Å². The van der Waals surface area contributed by atoms with Crippen LogP contribution < -0.4 is 9.62 Å². The fourth-order valence-corrected chi connectivity index (χ4v) is 4.47. The molecule has 0 bridgehead atoms. The fourth-order valence-electron chi connectivity index (χ4n) is 2.58. The smallest absolute Gasteiger partial charge is 0.264 e. The molecule has 29 heavy (non-hydrogen) atoms. The Morgan fingerprint density at radius 1 is 1.00 bits per heavy atom. The number of amides is 1. The van der Waals surface area contributed by atoms with Crippen LogP contribution >= 0.6 is 23.2 Å². The Morgan fingerprint density at radius 3 is 2.38 bits per heavy atom. The van der Waals surface area contributed by atoms with Gasteiger partial charge in [0.2, 0.25) is 5.91 Å². The third kappa shape index (κ3) is 5.26. The Labute approximate surface area is 179 Å². The Morgan fingerprint density at radius 2 is 1.69 bits per heavy atom. The van der Waals surface area contributed by atoms with Gasteiger partial charge in [-0.05, 0) is 48.0 Å². The van der Waals surface area contributed by atoms with Crippen LogP contribution in [-0.4, -0.2) is 25.9 Å². The minimum absolute atomic E-state index is 0.0398. The molecule has 0 saturated heterocycles. The number of carbonyl (C=O) groups excluding carboxylic acids is 1. The number of pyridine rings is 1. The molecule has 0 aliphatic rings. The highest BCUT2D eigenvalue weighted by Gasteiger charge is 2.28. The lowest BCUT2D eigenvalue weighted by Crippen LogP contribution is -2.40. The van der Waals surface area contributed by atoms with E-state index in [2.05, 4.69) is 10.3 Å². The summed E-state index contributed by atoms with van der Waals surface area (Å²) < 4.78 is 27.4. The lowest BCUT2D eigenvalue weighted by molar-refractivity contribution is -0.119. The molecule has 0 fully saturated rings.